The second-order valence-electron chi connectivity index (χ2n) is 5.86. The third-order valence-corrected chi connectivity index (χ3v) is 4.24. The summed E-state index contributed by atoms with van der Waals surface area (Å²) in [5.74, 6) is -1.07. The second-order valence-corrected chi connectivity index (χ2v) is 6.22. The van der Waals surface area contributed by atoms with E-state index in [0.29, 0.717) is 17.8 Å². The molecule has 0 spiro atoms. The number of hydrogen-bond acceptors (Lipinski definition) is 9. The van der Waals surface area contributed by atoms with Crippen LogP contribution < -0.4 is 0 Å². The van der Waals surface area contributed by atoms with Crippen LogP contribution in [0.25, 0.3) is 11.2 Å². The summed E-state index contributed by atoms with van der Waals surface area (Å²) >= 11 is 6.05. The Morgan fingerprint density at radius 2 is 1.89 bits per heavy atom. The van der Waals surface area contributed by atoms with Crippen LogP contribution in [0.15, 0.2) is 12.7 Å². The quantitative estimate of drug-likeness (QED) is 0.524. The van der Waals surface area contributed by atoms with Crippen molar-refractivity contribution in [1.29, 1.82) is 0 Å². The number of rotatable bonds is 6. The van der Waals surface area contributed by atoms with Crippen molar-refractivity contribution in [3.8, 4) is 0 Å². The van der Waals surface area contributed by atoms with Crippen LogP contribution in [0, 0.1) is 0 Å². The fraction of sp³-hybridized carbons (Fsp3) is 0.562. The van der Waals surface area contributed by atoms with E-state index in [9.17, 15) is 9.59 Å². The number of nitrogens with zero attached hydrogens (tertiary/aromatic N) is 4. The maximum atomic E-state index is 11.7. The molecule has 3 heterocycles. The third-order valence-electron chi connectivity index (χ3n) is 3.96. The van der Waals surface area contributed by atoms with E-state index >= 15 is 0 Å². The highest BCUT2D eigenvalue weighted by atomic mass is 35.5. The van der Waals surface area contributed by atoms with Crippen LogP contribution in [0.2, 0.25) is 5.15 Å². The van der Waals surface area contributed by atoms with Gasteiger partial charge in [-0.2, -0.15) is 0 Å². The zero-order chi connectivity index (χ0) is 19.6. The fourth-order valence-electron chi connectivity index (χ4n) is 2.96. The first-order chi connectivity index (χ1) is 12.9. The summed E-state index contributed by atoms with van der Waals surface area (Å²) in [6.07, 6.45) is -0.488. The third kappa shape index (κ3) is 4.02. The lowest BCUT2D eigenvalue weighted by Crippen LogP contribution is -2.40. The minimum Gasteiger partial charge on any atom is -0.456 e. The van der Waals surface area contributed by atoms with Crippen LogP contribution in [0.4, 0.5) is 0 Å². The number of aromatic nitrogens is 4. The molecule has 1 aliphatic rings. The molecule has 4 atom stereocenters. The molecule has 146 valence electrons. The highest BCUT2D eigenvalue weighted by Crippen LogP contribution is 2.36. The molecule has 2 aromatic heterocycles. The van der Waals surface area contributed by atoms with E-state index in [-0.39, 0.29) is 11.8 Å². The van der Waals surface area contributed by atoms with Crippen LogP contribution in [-0.4, -0.2) is 63.0 Å². The molecule has 0 aromatic carbocycles. The fourth-order valence-corrected chi connectivity index (χ4v) is 3.14. The van der Waals surface area contributed by atoms with E-state index in [1.807, 2.05) is 6.92 Å². The molecule has 0 amide bonds. The van der Waals surface area contributed by atoms with Gasteiger partial charge in [0.25, 0.3) is 0 Å². The van der Waals surface area contributed by atoms with Gasteiger partial charge in [0.05, 0.1) is 12.9 Å². The van der Waals surface area contributed by atoms with Gasteiger partial charge >= 0.3 is 11.9 Å². The standard InChI is InChI=1S/C16H19ClN4O6/c1-4-24-5-10-12(25-8(2)22)13(26-9(3)23)16(27-10)21-7-20-11-14(17)18-6-19-15(11)21/h6-7,10,12-13,16H,4-5H2,1-3H3/t10-,12-,13-,16?/m1/s1. The van der Waals surface area contributed by atoms with Gasteiger partial charge in [0.1, 0.15) is 17.9 Å². The molecule has 2 aromatic rings. The smallest absolute Gasteiger partial charge is 0.303 e. The lowest BCUT2D eigenvalue weighted by molar-refractivity contribution is -0.165. The Hall–Kier alpha value is -2.30. The van der Waals surface area contributed by atoms with E-state index in [1.54, 1.807) is 4.57 Å². The molecule has 0 saturated carbocycles. The molecule has 27 heavy (non-hydrogen) atoms. The van der Waals surface area contributed by atoms with Crippen LogP contribution in [0.5, 0.6) is 0 Å². The van der Waals surface area contributed by atoms with Crippen molar-refractivity contribution in [2.75, 3.05) is 13.2 Å². The first-order valence-electron chi connectivity index (χ1n) is 8.33. The highest BCUT2D eigenvalue weighted by molar-refractivity contribution is 6.33. The van der Waals surface area contributed by atoms with Gasteiger partial charge in [0.15, 0.2) is 29.2 Å². The summed E-state index contributed by atoms with van der Waals surface area (Å²) in [6, 6.07) is 0. The molecule has 11 heteroatoms. The Balaban J connectivity index is 2.01. The topological polar surface area (TPSA) is 115 Å². The van der Waals surface area contributed by atoms with Gasteiger partial charge in [-0.15, -0.1) is 0 Å². The van der Waals surface area contributed by atoms with Gasteiger partial charge in [-0.05, 0) is 6.92 Å². The molecule has 0 bridgehead atoms. The molecule has 1 saturated heterocycles. The van der Waals surface area contributed by atoms with Crippen LogP contribution in [0.3, 0.4) is 0 Å². The number of fused-ring (bicyclic) bond motifs is 1. The van der Waals surface area contributed by atoms with Crippen LogP contribution in [0.1, 0.15) is 27.0 Å². The summed E-state index contributed by atoms with van der Waals surface area (Å²) in [4.78, 5) is 35.5. The monoisotopic (exact) mass is 398 g/mol. The van der Waals surface area contributed by atoms with Crippen molar-refractivity contribution in [3.63, 3.8) is 0 Å². The molecule has 1 aliphatic heterocycles. The normalized spacial score (nSPS) is 24.9. The van der Waals surface area contributed by atoms with Gasteiger partial charge < -0.3 is 18.9 Å². The largest absolute Gasteiger partial charge is 0.456 e. The number of esters is 2. The number of carbonyl (C=O) groups is 2. The summed E-state index contributed by atoms with van der Waals surface area (Å²) in [5.41, 5.74) is 0.775. The highest BCUT2D eigenvalue weighted by Gasteiger charge is 2.50. The predicted molar refractivity (Wildman–Crippen MR) is 91.8 cm³/mol. The second kappa shape index (κ2) is 8.15. The minimum absolute atomic E-state index is 0.158. The Labute approximate surface area is 159 Å². The summed E-state index contributed by atoms with van der Waals surface area (Å²) in [7, 11) is 0. The van der Waals surface area contributed by atoms with Crippen molar-refractivity contribution >= 4 is 34.7 Å². The number of halogens is 1. The SMILES string of the molecule is CCOC[C@H]1OC(n2cnc3c(Cl)ncnc32)[C@H](OC(C)=O)[C@@H]1OC(C)=O. The van der Waals surface area contributed by atoms with Crippen molar-refractivity contribution in [1.82, 2.24) is 19.5 Å². The first-order valence-corrected chi connectivity index (χ1v) is 8.70. The van der Waals surface area contributed by atoms with Crippen molar-refractivity contribution in [2.45, 2.75) is 45.3 Å². The molecule has 0 radical (unpaired) electrons. The van der Waals surface area contributed by atoms with Gasteiger partial charge in [0, 0.05) is 20.5 Å². The number of imidazole rings is 1. The lowest BCUT2D eigenvalue weighted by Gasteiger charge is -2.23. The molecular weight excluding hydrogens is 380 g/mol. The molecular formula is C16H19ClN4O6. The molecule has 0 aliphatic carbocycles. The van der Waals surface area contributed by atoms with E-state index in [4.69, 9.17) is 30.5 Å². The average Bonchev–Trinajstić information content (AvgIpc) is 3.16. The average molecular weight is 399 g/mol. The summed E-state index contributed by atoms with van der Waals surface area (Å²) in [5, 5.41) is 0.184. The van der Waals surface area contributed by atoms with Gasteiger partial charge in [-0.3, -0.25) is 14.2 Å². The zero-order valence-electron chi connectivity index (χ0n) is 15.0. The van der Waals surface area contributed by atoms with Crippen molar-refractivity contribution in [2.24, 2.45) is 0 Å². The minimum atomic E-state index is -0.914. The molecule has 1 unspecified atom stereocenters. The van der Waals surface area contributed by atoms with E-state index in [1.165, 1.54) is 26.5 Å². The maximum absolute atomic E-state index is 11.7. The van der Waals surface area contributed by atoms with Gasteiger partial charge in [-0.25, -0.2) is 15.0 Å². The Morgan fingerprint density at radius 1 is 1.19 bits per heavy atom. The predicted octanol–water partition coefficient (Wildman–Crippen LogP) is 1.28. The van der Waals surface area contributed by atoms with Crippen LogP contribution >= 0.6 is 11.6 Å². The lowest BCUT2D eigenvalue weighted by atomic mass is 10.1. The Bertz CT molecular complexity index is 843. The van der Waals surface area contributed by atoms with E-state index < -0.39 is 36.5 Å². The van der Waals surface area contributed by atoms with Crippen molar-refractivity contribution < 1.29 is 28.5 Å². The Morgan fingerprint density at radius 3 is 2.56 bits per heavy atom. The molecule has 1 fully saturated rings. The van der Waals surface area contributed by atoms with Crippen molar-refractivity contribution in [3.05, 3.63) is 17.8 Å². The van der Waals surface area contributed by atoms with E-state index in [2.05, 4.69) is 15.0 Å². The number of hydrogen-bond donors (Lipinski definition) is 0. The maximum Gasteiger partial charge on any atom is 0.303 e. The van der Waals surface area contributed by atoms with E-state index in [0.717, 1.165) is 0 Å². The zero-order valence-corrected chi connectivity index (χ0v) is 15.8. The Kier molecular flexibility index (Phi) is 5.88. The summed E-state index contributed by atoms with van der Waals surface area (Å²) in [6.45, 7) is 4.98. The number of ether oxygens (including phenoxy) is 4. The summed E-state index contributed by atoms with van der Waals surface area (Å²) < 4.78 is 23.8. The molecule has 0 N–H and O–H groups in total. The molecule has 10 nitrogen and oxygen atoms in total. The van der Waals surface area contributed by atoms with Gasteiger partial charge in [-0.1, -0.05) is 11.6 Å². The molecule has 3 rings (SSSR count). The number of carbonyl (C=O) groups excluding carboxylic acids is 2. The van der Waals surface area contributed by atoms with Crippen LogP contribution in [-0.2, 0) is 28.5 Å². The first kappa shape index (κ1) is 19.5. The van der Waals surface area contributed by atoms with Gasteiger partial charge in [0.2, 0.25) is 0 Å².